The lowest BCUT2D eigenvalue weighted by atomic mass is 10.1. The van der Waals surface area contributed by atoms with E-state index >= 15 is 0 Å². The maximum Gasteiger partial charge on any atom is 0.131 e. The SMILES string of the molecule is CN(C)CC1CN(CC(O)c2ccc(F)cc2F)CCO1. The number of hydrogen-bond acceptors (Lipinski definition) is 4. The molecular formula is C15H22F2N2O2. The van der Waals surface area contributed by atoms with Gasteiger partial charge in [0.15, 0.2) is 0 Å². The number of aliphatic hydroxyl groups is 1. The fourth-order valence-electron chi connectivity index (χ4n) is 2.58. The maximum absolute atomic E-state index is 13.7. The van der Waals surface area contributed by atoms with Gasteiger partial charge in [0, 0.05) is 37.8 Å². The van der Waals surface area contributed by atoms with Crippen molar-refractivity contribution in [2.75, 3.05) is 46.9 Å². The van der Waals surface area contributed by atoms with Crippen LogP contribution < -0.4 is 0 Å². The molecule has 6 heteroatoms. The Morgan fingerprint density at radius 3 is 2.86 bits per heavy atom. The van der Waals surface area contributed by atoms with Crippen LogP contribution in [0.4, 0.5) is 8.78 Å². The fourth-order valence-corrected chi connectivity index (χ4v) is 2.58. The van der Waals surface area contributed by atoms with Crippen LogP contribution >= 0.6 is 0 Å². The number of morpholine rings is 1. The summed E-state index contributed by atoms with van der Waals surface area (Å²) in [4.78, 5) is 4.09. The summed E-state index contributed by atoms with van der Waals surface area (Å²) in [5.74, 6) is -1.35. The molecule has 0 radical (unpaired) electrons. The second kappa shape index (κ2) is 7.26. The molecule has 1 aliphatic heterocycles. The number of β-amino-alcohol motifs (C(OH)–C–C–N with tert-alkyl or cyclic N) is 1. The van der Waals surface area contributed by atoms with Gasteiger partial charge in [0.05, 0.1) is 18.8 Å². The number of hydrogen-bond donors (Lipinski definition) is 1. The van der Waals surface area contributed by atoms with Crippen LogP contribution in [0.3, 0.4) is 0 Å². The highest BCUT2D eigenvalue weighted by atomic mass is 19.1. The molecule has 1 aromatic carbocycles. The van der Waals surface area contributed by atoms with Crippen molar-refractivity contribution < 1.29 is 18.6 Å². The number of likely N-dealkylation sites (N-methyl/N-ethyl adjacent to an activating group) is 1. The van der Waals surface area contributed by atoms with Gasteiger partial charge in [-0.2, -0.15) is 0 Å². The Morgan fingerprint density at radius 2 is 2.19 bits per heavy atom. The predicted octanol–water partition coefficient (Wildman–Crippen LogP) is 1.26. The second-order valence-electron chi connectivity index (χ2n) is 5.70. The summed E-state index contributed by atoms with van der Waals surface area (Å²) in [7, 11) is 3.95. The Labute approximate surface area is 123 Å². The highest BCUT2D eigenvalue weighted by Crippen LogP contribution is 2.20. The summed E-state index contributed by atoms with van der Waals surface area (Å²) in [6.45, 7) is 3.10. The molecule has 1 aliphatic rings. The van der Waals surface area contributed by atoms with E-state index in [0.717, 1.165) is 18.7 Å². The number of halogens is 2. The molecule has 0 bridgehead atoms. The smallest absolute Gasteiger partial charge is 0.131 e. The Hall–Kier alpha value is -1.08. The van der Waals surface area contributed by atoms with Crippen LogP contribution in [0.2, 0.25) is 0 Å². The van der Waals surface area contributed by atoms with Crippen LogP contribution in [0.25, 0.3) is 0 Å². The van der Waals surface area contributed by atoms with E-state index in [0.29, 0.717) is 26.2 Å². The van der Waals surface area contributed by atoms with Crippen molar-refractivity contribution in [3.63, 3.8) is 0 Å². The van der Waals surface area contributed by atoms with Crippen LogP contribution in [0, 0.1) is 11.6 Å². The molecule has 4 nitrogen and oxygen atoms in total. The highest BCUT2D eigenvalue weighted by molar-refractivity contribution is 5.21. The number of aliphatic hydroxyl groups excluding tert-OH is 1. The minimum Gasteiger partial charge on any atom is -0.387 e. The first-order valence-corrected chi connectivity index (χ1v) is 7.07. The predicted molar refractivity (Wildman–Crippen MR) is 76.1 cm³/mol. The van der Waals surface area contributed by atoms with Crippen LogP contribution in [-0.2, 0) is 4.74 Å². The fraction of sp³-hybridized carbons (Fsp3) is 0.600. The van der Waals surface area contributed by atoms with Crippen molar-refractivity contribution in [2.24, 2.45) is 0 Å². The van der Waals surface area contributed by atoms with Crippen molar-refractivity contribution in [2.45, 2.75) is 12.2 Å². The zero-order valence-corrected chi connectivity index (χ0v) is 12.4. The van der Waals surface area contributed by atoms with Crippen LogP contribution in [0.1, 0.15) is 11.7 Å². The largest absolute Gasteiger partial charge is 0.387 e. The van der Waals surface area contributed by atoms with Gasteiger partial charge in [-0.15, -0.1) is 0 Å². The minimum absolute atomic E-state index is 0.0824. The molecule has 0 aliphatic carbocycles. The number of benzene rings is 1. The summed E-state index contributed by atoms with van der Waals surface area (Å²) in [5, 5.41) is 10.2. The van der Waals surface area contributed by atoms with E-state index in [4.69, 9.17) is 4.74 Å². The highest BCUT2D eigenvalue weighted by Gasteiger charge is 2.24. The first-order chi connectivity index (χ1) is 9.95. The molecule has 0 amide bonds. The topological polar surface area (TPSA) is 35.9 Å². The monoisotopic (exact) mass is 300 g/mol. The molecule has 1 fully saturated rings. The Morgan fingerprint density at radius 1 is 1.43 bits per heavy atom. The lowest BCUT2D eigenvalue weighted by molar-refractivity contribution is -0.0491. The van der Waals surface area contributed by atoms with Gasteiger partial charge < -0.3 is 14.7 Å². The average molecular weight is 300 g/mol. The third-order valence-corrected chi connectivity index (χ3v) is 3.54. The molecule has 1 N–H and O–H groups in total. The van der Waals surface area contributed by atoms with E-state index in [9.17, 15) is 13.9 Å². The van der Waals surface area contributed by atoms with Crippen LogP contribution in [-0.4, -0.2) is 67.9 Å². The van der Waals surface area contributed by atoms with Crippen molar-refractivity contribution in [3.8, 4) is 0 Å². The van der Waals surface area contributed by atoms with E-state index in [1.54, 1.807) is 0 Å². The number of nitrogens with zero attached hydrogens (tertiary/aromatic N) is 2. The zero-order valence-electron chi connectivity index (χ0n) is 12.4. The standard InChI is InChI=1S/C15H22F2N2O2/c1-18(2)8-12-9-19(5-6-21-12)10-15(20)13-4-3-11(16)7-14(13)17/h3-4,7,12,15,20H,5-6,8-10H2,1-2H3. The summed E-state index contributed by atoms with van der Waals surface area (Å²) < 4.78 is 32.2. The molecule has 21 heavy (non-hydrogen) atoms. The number of ether oxygens (including phenoxy) is 1. The lowest BCUT2D eigenvalue weighted by Gasteiger charge is -2.35. The summed E-state index contributed by atoms with van der Waals surface area (Å²) in [6, 6.07) is 3.26. The second-order valence-corrected chi connectivity index (χ2v) is 5.70. The molecule has 2 unspecified atom stereocenters. The molecule has 2 atom stereocenters. The molecule has 118 valence electrons. The van der Waals surface area contributed by atoms with Gasteiger partial charge in [0.2, 0.25) is 0 Å². The van der Waals surface area contributed by atoms with E-state index in [-0.39, 0.29) is 11.7 Å². The first kappa shape index (κ1) is 16.3. The van der Waals surface area contributed by atoms with Crippen molar-refractivity contribution in [3.05, 3.63) is 35.4 Å². The van der Waals surface area contributed by atoms with E-state index in [2.05, 4.69) is 0 Å². The average Bonchev–Trinajstić information content (AvgIpc) is 2.37. The van der Waals surface area contributed by atoms with E-state index < -0.39 is 17.7 Å². The maximum atomic E-state index is 13.7. The van der Waals surface area contributed by atoms with Gasteiger partial charge in [0.1, 0.15) is 11.6 Å². The molecule has 0 saturated carbocycles. The van der Waals surface area contributed by atoms with Crippen molar-refractivity contribution in [1.29, 1.82) is 0 Å². The van der Waals surface area contributed by atoms with Crippen molar-refractivity contribution >= 4 is 0 Å². The Bertz CT molecular complexity index is 471. The van der Waals surface area contributed by atoms with Gasteiger partial charge in [-0.25, -0.2) is 8.78 Å². The van der Waals surface area contributed by atoms with Gasteiger partial charge in [-0.05, 0) is 20.2 Å². The number of rotatable bonds is 5. The molecule has 1 saturated heterocycles. The summed E-state index contributed by atoms with van der Waals surface area (Å²) in [6.07, 6.45) is -0.886. The van der Waals surface area contributed by atoms with Crippen LogP contribution in [0.15, 0.2) is 18.2 Å². The van der Waals surface area contributed by atoms with Crippen LogP contribution in [0.5, 0.6) is 0 Å². The molecule has 0 aromatic heterocycles. The van der Waals surface area contributed by atoms with E-state index in [1.807, 2.05) is 23.9 Å². The molecular weight excluding hydrogens is 278 g/mol. The Kier molecular flexibility index (Phi) is 5.64. The molecule has 2 rings (SSSR count). The van der Waals surface area contributed by atoms with Gasteiger partial charge in [-0.3, -0.25) is 4.90 Å². The van der Waals surface area contributed by atoms with Crippen molar-refractivity contribution in [1.82, 2.24) is 9.80 Å². The third-order valence-electron chi connectivity index (χ3n) is 3.54. The Balaban J connectivity index is 1.94. The molecule has 0 spiro atoms. The quantitative estimate of drug-likeness (QED) is 0.888. The third kappa shape index (κ3) is 4.71. The molecule has 1 aromatic rings. The molecule has 1 heterocycles. The summed E-state index contributed by atoms with van der Waals surface area (Å²) >= 11 is 0. The summed E-state index contributed by atoms with van der Waals surface area (Å²) in [5.41, 5.74) is 0.132. The normalized spacial score (nSPS) is 21.7. The zero-order chi connectivity index (χ0) is 15.4. The minimum atomic E-state index is -0.969. The van der Waals surface area contributed by atoms with Gasteiger partial charge in [0.25, 0.3) is 0 Å². The van der Waals surface area contributed by atoms with E-state index in [1.165, 1.54) is 6.07 Å². The first-order valence-electron chi connectivity index (χ1n) is 7.07. The van der Waals surface area contributed by atoms with Gasteiger partial charge in [-0.1, -0.05) is 6.07 Å². The lowest BCUT2D eigenvalue weighted by Crippen LogP contribution is -2.47. The van der Waals surface area contributed by atoms with Gasteiger partial charge >= 0.3 is 0 Å².